The summed E-state index contributed by atoms with van der Waals surface area (Å²) in [7, 11) is 0. The van der Waals surface area contributed by atoms with Crippen LogP contribution in [0.1, 0.15) is 29.7 Å². The van der Waals surface area contributed by atoms with Crippen molar-refractivity contribution in [2.75, 3.05) is 5.32 Å². The second kappa shape index (κ2) is 5.88. The number of anilines is 1. The SMILES string of the molecule is CC(Nc1cccc(C(F)(F)F)c1)c1ccc(C#N)cc1. The predicted octanol–water partition coefficient (Wildman–Crippen LogP) is 4.75. The van der Waals surface area contributed by atoms with E-state index in [1.54, 1.807) is 30.3 Å². The molecule has 1 atom stereocenters. The van der Waals surface area contributed by atoms with Gasteiger partial charge >= 0.3 is 6.18 Å². The highest BCUT2D eigenvalue weighted by molar-refractivity contribution is 5.48. The number of halogens is 3. The molecule has 2 aromatic carbocycles. The molecule has 5 heteroatoms. The van der Waals surface area contributed by atoms with Crippen LogP contribution in [0.15, 0.2) is 48.5 Å². The number of benzene rings is 2. The fraction of sp³-hybridized carbons (Fsp3) is 0.188. The Morgan fingerprint density at radius 1 is 1.10 bits per heavy atom. The summed E-state index contributed by atoms with van der Waals surface area (Å²) in [5.41, 5.74) is 1.16. The standard InChI is InChI=1S/C16H13F3N2/c1-11(13-7-5-12(10-20)6-8-13)21-15-4-2-3-14(9-15)16(17,18)19/h2-9,11,21H,1H3. The number of nitriles is 1. The lowest BCUT2D eigenvalue weighted by molar-refractivity contribution is -0.137. The Morgan fingerprint density at radius 2 is 1.76 bits per heavy atom. The summed E-state index contributed by atoms with van der Waals surface area (Å²) in [5, 5.41) is 11.8. The Labute approximate surface area is 120 Å². The minimum absolute atomic E-state index is 0.166. The summed E-state index contributed by atoms with van der Waals surface area (Å²) in [5.74, 6) is 0. The van der Waals surface area contributed by atoms with Gasteiger partial charge in [0.2, 0.25) is 0 Å². The minimum Gasteiger partial charge on any atom is -0.379 e. The molecule has 0 aliphatic heterocycles. The van der Waals surface area contributed by atoms with Gasteiger partial charge in [-0.15, -0.1) is 0 Å². The van der Waals surface area contributed by atoms with Crippen molar-refractivity contribution in [3.8, 4) is 6.07 Å². The van der Waals surface area contributed by atoms with Crippen molar-refractivity contribution in [3.05, 3.63) is 65.2 Å². The quantitative estimate of drug-likeness (QED) is 0.885. The molecule has 21 heavy (non-hydrogen) atoms. The zero-order valence-electron chi connectivity index (χ0n) is 11.3. The van der Waals surface area contributed by atoms with Crippen molar-refractivity contribution in [2.45, 2.75) is 19.1 Å². The molecule has 0 fully saturated rings. The number of hydrogen-bond acceptors (Lipinski definition) is 2. The van der Waals surface area contributed by atoms with Gasteiger partial charge in [-0.2, -0.15) is 18.4 Å². The molecule has 0 saturated carbocycles. The zero-order valence-corrected chi connectivity index (χ0v) is 11.3. The maximum Gasteiger partial charge on any atom is 0.416 e. The van der Waals surface area contributed by atoms with Crippen LogP contribution in [0.5, 0.6) is 0 Å². The molecule has 1 unspecified atom stereocenters. The van der Waals surface area contributed by atoms with E-state index in [0.29, 0.717) is 11.3 Å². The van der Waals surface area contributed by atoms with E-state index in [9.17, 15) is 13.2 Å². The number of alkyl halides is 3. The van der Waals surface area contributed by atoms with Crippen LogP contribution in [-0.4, -0.2) is 0 Å². The normalized spacial score (nSPS) is 12.5. The highest BCUT2D eigenvalue weighted by atomic mass is 19.4. The van der Waals surface area contributed by atoms with Gasteiger partial charge in [0, 0.05) is 11.7 Å². The van der Waals surface area contributed by atoms with Crippen LogP contribution >= 0.6 is 0 Å². The second-order valence-electron chi connectivity index (χ2n) is 4.68. The summed E-state index contributed by atoms with van der Waals surface area (Å²) in [6.45, 7) is 1.85. The van der Waals surface area contributed by atoms with Crippen LogP contribution in [0.3, 0.4) is 0 Å². The first-order chi connectivity index (χ1) is 9.90. The first kappa shape index (κ1) is 14.9. The van der Waals surface area contributed by atoms with Crippen molar-refractivity contribution in [1.82, 2.24) is 0 Å². The topological polar surface area (TPSA) is 35.8 Å². The molecule has 0 heterocycles. The molecule has 2 rings (SSSR count). The molecule has 0 bridgehead atoms. The first-order valence-corrected chi connectivity index (χ1v) is 6.34. The monoisotopic (exact) mass is 290 g/mol. The van der Waals surface area contributed by atoms with E-state index in [4.69, 9.17) is 5.26 Å². The lowest BCUT2D eigenvalue weighted by atomic mass is 10.1. The molecular formula is C16H13F3N2. The number of nitrogens with zero attached hydrogens (tertiary/aromatic N) is 1. The van der Waals surface area contributed by atoms with Crippen molar-refractivity contribution in [1.29, 1.82) is 5.26 Å². The van der Waals surface area contributed by atoms with E-state index in [2.05, 4.69) is 5.32 Å². The van der Waals surface area contributed by atoms with Gasteiger partial charge in [-0.3, -0.25) is 0 Å². The number of rotatable bonds is 3. The van der Waals surface area contributed by atoms with Crippen LogP contribution in [0.25, 0.3) is 0 Å². The van der Waals surface area contributed by atoms with E-state index < -0.39 is 11.7 Å². The van der Waals surface area contributed by atoms with Gasteiger partial charge in [0.05, 0.1) is 17.2 Å². The fourth-order valence-electron chi connectivity index (χ4n) is 1.96. The first-order valence-electron chi connectivity index (χ1n) is 6.34. The Balaban J connectivity index is 2.15. The summed E-state index contributed by atoms with van der Waals surface area (Å²) in [4.78, 5) is 0. The molecule has 0 aliphatic carbocycles. The van der Waals surface area contributed by atoms with Gasteiger partial charge in [0.1, 0.15) is 0 Å². The van der Waals surface area contributed by atoms with Crippen molar-refractivity contribution >= 4 is 5.69 Å². The van der Waals surface area contributed by atoms with Crippen molar-refractivity contribution in [3.63, 3.8) is 0 Å². The zero-order chi connectivity index (χ0) is 15.5. The molecule has 0 aliphatic rings. The Morgan fingerprint density at radius 3 is 2.33 bits per heavy atom. The predicted molar refractivity (Wildman–Crippen MR) is 74.6 cm³/mol. The van der Waals surface area contributed by atoms with E-state index in [1.807, 2.05) is 13.0 Å². The number of nitrogens with one attached hydrogen (secondary N) is 1. The smallest absolute Gasteiger partial charge is 0.379 e. The van der Waals surface area contributed by atoms with E-state index in [0.717, 1.165) is 17.7 Å². The van der Waals surface area contributed by atoms with Crippen LogP contribution in [0.4, 0.5) is 18.9 Å². The van der Waals surface area contributed by atoms with Crippen molar-refractivity contribution < 1.29 is 13.2 Å². The molecule has 0 saturated heterocycles. The van der Waals surface area contributed by atoms with E-state index in [1.165, 1.54) is 6.07 Å². The molecule has 0 spiro atoms. The van der Waals surface area contributed by atoms with E-state index >= 15 is 0 Å². The summed E-state index contributed by atoms with van der Waals surface area (Å²) < 4.78 is 38.0. The molecule has 0 aromatic heterocycles. The maximum absolute atomic E-state index is 12.7. The Bertz CT molecular complexity index is 654. The summed E-state index contributed by atoms with van der Waals surface area (Å²) in [6, 6.07) is 13.9. The molecule has 1 N–H and O–H groups in total. The molecule has 0 radical (unpaired) electrons. The van der Waals surface area contributed by atoms with Crippen LogP contribution in [0, 0.1) is 11.3 Å². The third kappa shape index (κ3) is 3.76. The average molecular weight is 290 g/mol. The molecule has 2 nitrogen and oxygen atoms in total. The number of hydrogen-bond donors (Lipinski definition) is 1. The fourth-order valence-corrected chi connectivity index (χ4v) is 1.96. The average Bonchev–Trinajstić information content (AvgIpc) is 2.47. The maximum atomic E-state index is 12.7. The van der Waals surface area contributed by atoms with Gasteiger partial charge in [0.15, 0.2) is 0 Å². The molecule has 2 aromatic rings. The molecule has 0 amide bonds. The van der Waals surface area contributed by atoms with Crippen LogP contribution in [-0.2, 0) is 6.18 Å². The molecular weight excluding hydrogens is 277 g/mol. The molecule has 108 valence electrons. The Kier molecular flexibility index (Phi) is 4.18. The minimum atomic E-state index is -4.35. The van der Waals surface area contributed by atoms with Gasteiger partial charge in [0.25, 0.3) is 0 Å². The third-order valence-corrected chi connectivity index (χ3v) is 3.11. The third-order valence-electron chi connectivity index (χ3n) is 3.11. The van der Waals surface area contributed by atoms with Crippen molar-refractivity contribution in [2.24, 2.45) is 0 Å². The lowest BCUT2D eigenvalue weighted by Gasteiger charge is -2.17. The highest BCUT2D eigenvalue weighted by Gasteiger charge is 2.30. The van der Waals surface area contributed by atoms with Gasteiger partial charge in [-0.25, -0.2) is 0 Å². The highest BCUT2D eigenvalue weighted by Crippen LogP contribution is 2.31. The second-order valence-corrected chi connectivity index (χ2v) is 4.68. The largest absolute Gasteiger partial charge is 0.416 e. The van der Waals surface area contributed by atoms with Crippen LogP contribution in [0.2, 0.25) is 0 Å². The summed E-state index contributed by atoms with van der Waals surface area (Å²) in [6.07, 6.45) is -4.35. The van der Waals surface area contributed by atoms with Gasteiger partial charge in [-0.05, 0) is 42.8 Å². The van der Waals surface area contributed by atoms with Gasteiger partial charge in [-0.1, -0.05) is 18.2 Å². The van der Waals surface area contributed by atoms with Gasteiger partial charge < -0.3 is 5.32 Å². The van der Waals surface area contributed by atoms with E-state index in [-0.39, 0.29) is 6.04 Å². The Hall–Kier alpha value is -2.48. The summed E-state index contributed by atoms with van der Waals surface area (Å²) >= 11 is 0. The lowest BCUT2D eigenvalue weighted by Crippen LogP contribution is -2.09. The van der Waals surface area contributed by atoms with Crippen LogP contribution < -0.4 is 5.32 Å².